The van der Waals surface area contributed by atoms with Crippen LogP contribution in [0.25, 0.3) is 0 Å². The lowest BCUT2D eigenvalue weighted by Gasteiger charge is -2.43. The molecule has 2 atom stereocenters. The largest absolute Gasteiger partial charge is 0.493 e. The summed E-state index contributed by atoms with van der Waals surface area (Å²) in [5.74, 6) is 2.14. The van der Waals surface area contributed by atoms with Crippen LogP contribution in [0, 0.1) is 3.57 Å². The van der Waals surface area contributed by atoms with Gasteiger partial charge >= 0.3 is 0 Å². The number of aliphatic imine (C=N–C) groups is 1. The van der Waals surface area contributed by atoms with Crippen LogP contribution in [0.15, 0.2) is 119 Å². The predicted octanol–water partition coefficient (Wildman–Crippen LogP) is 10.3. The summed E-state index contributed by atoms with van der Waals surface area (Å²) in [6, 6.07) is 38.8. The number of anilines is 1. The normalized spacial score (nSPS) is 17.3. The van der Waals surface area contributed by atoms with Gasteiger partial charge in [0.2, 0.25) is 0 Å². The zero-order chi connectivity index (χ0) is 30.8. The first-order valence-electron chi connectivity index (χ1n) is 15.4. The molecule has 0 spiro atoms. The highest BCUT2D eigenvalue weighted by Gasteiger charge is 2.35. The number of halogens is 2. The Morgan fingerprint density at radius 2 is 1.42 bits per heavy atom. The van der Waals surface area contributed by atoms with Crippen molar-refractivity contribution in [1.29, 1.82) is 0 Å². The van der Waals surface area contributed by atoms with Crippen LogP contribution < -0.4 is 14.4 Å². The molecule has 0 saturated heterocycles. The van der Waals surface area contributed by atoms with E-state index < -0.39 is 0 Å². The average Bonchev–Trinajstić information content (AvgIpc) is 3.08. The van der Waals surface area contributed by atoms with Crippen molar-refractivity contribution in [3.05, 3.63) is 151 Å². The van der Waals surface area contributed by atoms with Crippen LogP contribution in [0.5, 0.6) is 11.5 Å². The van der Waals surface area contributed by atoms with Crippen molar-refractivity contribution in [2.45, 2.75) is 31.3 Å². The van der Waals surface area contributed by atoms with Crippen LogP contribution in [0.3, 0.4) is 0 Å². The van der Waals surface area contributed by atoms with Crippen molar-refractivity contribution in [2.75, 3.05) is 25.1 Å². The molecule has 0 fully saturated rings. The highest BCUT2D eigenvalue weighted by Crippen LogP contribution is 2.50. The van der Waals surface area contributed by atoms with E-state index in [-0.39, 0.29) is 0 Å². The molecule has 0 unspecified atom stereocenters. The van der Waals surface area contributed by atoms with E-state index in [0.29, 0.717) is 24.2 Å². The van der Waals surface area contributed by atoms with Gasteiger partial charge in [0, 0.05) is 41.3 Å². The zero-order valence-electron chi connectivity index (χ0n) is 25.1. The summed E-state index contributed by atoms with van der Waals surface area (Å²) in [5, 5.41) is 0. The first-order valence-corrected chi connectivity index (χ1v) is 17.3. The van der Waals surface area contributed by atoms with Gasteiger partial charge in [-0.2, -0.15) is 0 Å². The van der Waals surface area contributed by atoms with Crippen LogP contribution in [0.2, 0.25) is 0 Å². The van der Waals surface area contributed by atoms with E-state index in [1.807, 2.05) is 24.4 Å². The van der Waals surface area contributed by atoms with Crippen LogP contribution in [0.1, 0.15) is 58.1 Å². The molecule has 0 radical (unpaired) electrons. The molecule has 0 aliphatic carbocycles. The van der Waals surface area contributed by atoms with E-state index in [1.165, 1.54) is 27.9 Å². The minimum Gasteiger partial charge on any atom is -0.493 e. The van der Waals surface area contributed by atoms with Gasteiger partial charge < -0.3 is 14.4 Å². The Hall–Kier alpha value is -3.62. The maximum Gasteiger partial charge on any atom is 0.174 e. The van der Waals surface area contributed by atoms with E-state index in [9.17, 15) is 0 Å². The lowest BCUT2D eigenvalue weighted by atomic mass is 9.76. The molecular weight excluding hydrogens is 735 g/mol. The van der Waals surface area contributed by atoms with Crippen LogP contribution in [-0.2, 0) is 6.61 Å². The summed E-state index contributed by atoms with van der Waals surface area (Å²) < 4.78 is 14.0. The molecular formula is C39H34BrIN2O2. The third kappa shape index (κ3) is 6.40. The van der Waals surface area contributed by atoms with Gasteiger partial charge in [-0.25, -0.2) is 0 Å². The molecule has 0 aromatic heterocycles. The molecule has 7 rings (SSSR count). The molecule has 6 heteroatoms. The van der Waals surface area contributed by atoms with Gasteiger partial charge in [-0.05, 0) is 105 Å². The standard InChI is InChI=1S/C39H34BrIN2O2/c1-44-37-21-27(20-36(41)39(37)45-25-26-12-14-30(40)15-13-26)24-42-31-22-34-32(28-8-4-2-5-9-28)16-18-43-19-17-33(35(23-31)38(34)43)29-10-6-3-7-11-29/h2-15,20-24,32-33H,16-19,25H2,1H3/t32-,33+. The van der Waals surface area contributed by atoms with Gasteiger partial charge in [-0.1, -0.05) is 88.7 Å². The molecule has 2 aliphatic rings. The molecule has 2 heterocycles. The van der Waals surface area contributed by atoms with Crippen molar-refractivity contribution in [3.63, 3.8) is 0 Å². The molecule has 2 aliphatic heterocycles. The Labute approximate surface area is 287 Å². The number of hydrogen-bond donors (Lipinski definition) is 0. The Bertz CT molecular complexity index is 1750. The monoisotopic (exact) mass is 768 g/mol. The molecule has 226 valence electrons. The second-order valence-electron chi connectivity index (χ2n) is 11.7. The predicted molar refractivity (Wildman–Crippen MR) is 196 cm³/mol. The fourth-order valence-electron chi connectivity index (χ4n) is 6.75. The van der Waals surface area contributed by atoms with E-state index >= 15 is 0 Å². The van der Waals surface area contributed by atoms with Gasteiger partial charge in [0.15, 0.2) is 11.5 Å². The summed E-state index contributed by atoms with van der Waals surface area (Å²) in [6.45, 7) is 2.63. The number of hydrogen-bond acceptors (Lipinski definition) is 4. The number of ether oxygens (including phenoxy) is 2. The summed E-state index contributed by atoms with van der Waals surface area (Å²) >= 11 is 5.82. The molecule has 0 N–H and O–H groups in total. The maximum atomic E-state index is 6.22. The minimum absolute atomic E-state index is 0.351. The fraction of sp³-hybridized carbons (Fsp3) is 0.205. The molecule has 0 amide bonds. The van der Waals surface area contributed by atoms with Crippen LogP contribution in [0.4, 0.5) is 11.4 Å². The van der Waals surface area contributed by atoms with E-state index in [2.05, 4.69) is 134 Å². The highest BCUT2D eigenvalue weighted by molar-refractivity contribution is 14.1. The summed E-state index contributed by atoms with van der Waals surface area (Å²) in [5.41, 5.74) is 10.00. The van der Waals surface area contributed by atoms with E-state index in [1.54, 1.807) is 7.11 Å². The number of rotatable bonds is 8. The summed E-state index contributed by atoms with van der Waals surface area (Å²) in [4.78, 5) is 7.71. The van der Waals surface area contributed by atoms with E-state index in [0.717, 1.165) is 56.5 Å². The zero-order valence-corrected chi connectivity index (χ0v) is 28.9. The van der Waals surface area contributed by atoms with Crippen molar-refractivity contribution in [1.82, 2.24) is 0 Å². The minimum atomic E-state index is 0.351. The Balaban J connectivity index is 1.25. The Morgan fingerprint density at radius 3 is 2.00 bits per heavy atom. The average molecular weight is 770 g/mol. The fourth-order valence-corrected chi connectivity index (χ4v) is 7.80. The molecule has 5 aromatic carbocycles. The van der Waals surface area contributed by atoms with Crippen molar-refractivity contribution in [3.8, 4) is 11.5 Å². The third-order valence-electron chi connectivity index (χ3n) is 8.91. The summed E-state index contributed by atoms with van der Waals surface area (Å²) in [7, 11) is 1.69. The maximum absolute atomic E-state index is 6.22. The number of methoxy groups -OCH3 is 1. The molecule has 0 bridgehead atoms. The van der Waals surface area contributed by atoms with Gasteiger partial charge in [-0.3, -0.25) is 4.99 Å². The SMILES string of the molecule is COc1cc(C=Nc2cc3c4c(c2)[C@H](c2ccccc2)CCN4CC[C@@H]3c2ccccc2)cc(I)c1OCc1ccc(Br)cc1. The van der Waals surface area contributed by atoms with Gasteiger partial charge in [0.25, 0.3) is 0 Å². The second kappa shape index (κ2) is 13.4. The van der Waals surface area contributed by atoms with Crippen LogP contribution >= 0.6 is 38.5 Å². The number of benzene rings is 5. The van der Waals surface area contributed by atoms with Gasteiger partial charge in [-0.15, -0.1) is 0 Å². The van der Waals surface area contributed by atoms with Crippen molar-refractivity contribution in [2.24, 2.45) is 4.99 Å². The van der Waals surface area contributed by atoms with Gasteiger partial charge in [0.1, 0.15) is 6.61 Å². The smallest absolute Gasteiger partial charge is 0.174 e. The van der Waals surface area contributed by atoms with Crippen LogP contribution in [-0.4, -0.2) is 26.4 Å². The van der Waals surface area contributed by atoms with Crippen molar-refractivity contribution < 1.29 is 9.47 Å². The Morgan fingerprint density at radius 1 is 0.822 bits per heavy atom. The molecule has 0 saturated carbocycles. The third-order valence-corrected chi connectivity index (χ3v) is 10.2. The second-order valence-corrected chi connectivity index (χ2v) is 13.7. The molecule has 4 nitrogen and oxygen atoms in total. The Kier molecular flexibility index (Phi) is 8.94. The highest BCUT2D eigenvalue weighted by atomic mass is 127. The first kappa shape index (κ1) is 30.1. The van der Waals surface area contributed by atoms with Gasteiger partial charge in [0.05, 0.1) is 16.4 Å². The van der Waals surface area contributed by atoms with Crippen molar-refractivity contribution >= 4 is 56.1 Å². The first-order chi connectivity index (χ1) is 22.1. The lowest BCUT2D eigenvalue weighted by Crippen LogP contribution is -2.37. The van der Waals surface area contributed by atoms with E-state index in [4.69, 9.17) is 14.5 Å². The molecule has 5 aromatic rings. The lowest BCUT2D eigenvalue weighted by molar-refractivity contribution is 0.282. The molecule has 45 heavy (non-hydrogen) atoms. The quantitative estimate of drug-likeness (QED) is 0.116. The topological polar surface area (TPSA) is 34.1 Å². The summed E-state index contributed by atoms with van der Waals surface area (Å²) in [6.07, 6.45) is 4.17. The number of nitrogens with zero attached hydrogens (tertiary/aromatic N) is 2.